The maximum Gasteiger partial charge on any atom is 0.222 e. The van der Waals surface area contributed by atoms with Gasteiger partial charge in [-0.05, 0) is 44.1 Å². The van der Waals surface area contributed by atoms with E-state index in [0.29, 0.717) is 5.88 Å². The molecule has 1 aromatic carbocycles. The lowest BCUT2D eigenvalue weighted by atomic mass is 10.0. The molecule has 1 saturated heterocycles. The van der Waals surface area contributed by atoms with E-state index in [1.54, 1.807) is 13.2 Å². The predicted molar refractivity (Wildman–Crippen MR) is 82.0 cm³/mol. The zero-order valence-corrected chi connectivity index (χ0v) is 12.3. The minimum Gasteiger partial charge on any atom is -0.496 e. The molecular formula is C16H21N3O2. The Morgan fingerprint density at radius 1 is 1.24 bits per heavy atom. The number of methoxy groups -OCH3 is 1. The minimum absolute atomic E-state index is 0.332. The van der Waals surface area contributed by atoms with Crippen molar-refractivity contribution in [3.63, 3.8) is 0 Å². The average Bonchev–Trinajstić information content (AvgIpc) is 2.95. The van der Waals surface area contributed by atoms with Crippen LogP contribution < -0.4 is 10.5 Å². The van der Waals surface area contributed by atoms with Crippen LogP contribution in [-0.2, 0) is 6.54 Å². The van der Waals surface area contributed by atoms with Crippen LogP contribution in [0, 0.1) is 0 Å². The van der Waals surface area contributed by atoms with Crippen LogP contribution >= 0.6 is 0 Å². The van der Waals surface area contributed by atoms with Crippen molar-refractivity contribution in [2.45, 2.75) is 25.8 Å². The topological polar surface area (TPSA) is 64.5 Å². The molecule has 0 bridgehead atoms. The van der Waals surface area contributed by atoms with Crippen LogP contribution in [0.15, 0.2) is 28.8 Å². The zero-order chi connectivity index (χ0) is 14.7. The Balaban J connectivity index is 1.86. The first-order valence-corrected chi connectivity index (χ1v) is 7.38. The van der Waals surface area contributed by atoms with Crippen LogP contribution in [0.1, 0.15) is 24.8 Å². The van der Waals surface area contributed by atoms with Gasteiger partial charge in [-0.15, -0.1) is 0 Å². The number of rotatable bonds is 4. The quantitative estimate of drug-likeness (QED) is 0.936. The van der Waals surface area contributed by atoms with Crippen LogP contribution in [0.2, 0.25) is 0 Å². The molecule has 0 radical (unpaired) electrons. The molecule has 0 atom stereocenters. The summed E-state index contributed by atoms with van der Waals surface area (Å²) >= 11 is 0. The van der Waals surface area contributed by atoms with E-state index >= 15 is 0 Å². The van der Waals surface area contributed by atoms with E-state index in [0.717, 1.165) is 36.6 Å². The third-order valence-electron chi connectivity index (χ3n) is 3.95. The van der Waals surface area contributed by atoms with Crippen LogP contribution in [0.4, 0.5) is 5.88 Å². The maximum absolute atomic E-state index is 5.60. The molecule has 3 rings (SSSR count). The third kappa shape index (κ3) is 3.19. The fourth-order valence-corrected chi connectivity index (χ4v) is 2.85. The normalized spacial score (nSPS) is 16.0. The molecule has 2 aromatic rings. The van der Waals surface area contributed by atoms with Gasteiger partial charge in [-0.3, -0.25) is 4.90 Å². The summed E-state index contributed by atoms with van der Waals surface area (Å²) in [6.07, 6.45) is 3.90. The number of nitrogen functional groups attached to an aromatic ring is 1. The van der Waals surface area contributed by atoms with Gasteiger partial charge >= 0.3 is 0 Å². The monoisotopic (exact) mass is 287 g/mol. The van der Waals surface area contributed by atoms with Crippen LogP contribution in [0.3, 0.4) is 0 Å². The molecule has 1 aliphatic heterocycles. The molecule has 2 N–H and O–H groups in total. The van der Waals surface area contributed by atoms with Gasteiger partial charge in [0.15, 0.2) is 0 Å². The largest absolute Gasteiger partial charge is 0.496 e. The first kappa shape index (κ1) is 13.9. The highest BCUT2D eigenvalue weighted by Crippen LogP contribution is 2.28. The van der Waals surface area contributed by atoms with Crippen LogP contribution in [0.25, 0.3) is 11.3 Å². The number of hydrogen-bond donors (Lipinski definition) is 1. The van der Waals surface area contributed by atoms with Crippen molar-refractivity contribution in [1.29, 1.82) is 0 Å². The Hall–Kier alpha value is -2.01. The predicted octanol–water partition coefficient (Wildman–Crippen LogP) is 2.92. The lowest BCUT2D eigenvalue weighted by molar-refractivity contribution is 0.218. The van der Waals surface area contributed by atoms with Gasteiger partial charge in [-0.2, -0.15) is 0 Å². The SMILES string of the molecule is COc1ccc(-c2cc(N)on2)cc1CN1CCCCC1. The van der Waals surface area contributed by atoms with Crippen molar-refractivity contribution in [2.75, 3.05) is 25.9 Å². The van der Waals surface area contributed by atoms with Crippen LogP contribution in [-0.4, -0.2) is 30.3 Å². The summed E-state index contributed by atoms with van der Waals surface area (Å²) in [5, 5.41) is 3.98. The van der Waals surface area contributed by atoms with E-state index in [9.17, 15) is 0 Å². The second-order valence-electron chi connectivity index (χ2n) is 5.48. The van der Waals surface area contributed by atoms with Gasteiger partial charge in [-0.1, -0.05) is 11.6 Å². The van der Waals surface area contributed by atoms with Crippen molar-refractivity contribution in [3.8, 4) is 17.0 Å². The summed E-state index contributed by atoms with van der Waals surface area (Å²) in [7, 11) is 1.71. The highest BCUT2D eigenvalue weighted by molar-refractivity contribution is 5.63. The number of nitrogens with zero attached hydrogens (tertiary/aromatic N) is 2. The Morgan fingerprint density at radius 2 is 2.05 bits per heavy atom. The molecule has 21 heavy (non-hydrogen) atoms. The summed E-state index contributed by atoms with van der Waals surface area (Å²) < 4.78 is 10.4. The number of benzene rings is 1. The summed E-state index contributed by atoms with van der Waals surface area (Å²) in [5.41, 5.74) is 8.54. The first-order valence-electron chi connectivity index (χ1n) is 7.38. The number of likely N-dealkylation sites (tertiary alicyclic amines) is 1. The van der Waals surface area contributed by atoms with Gasteiger partial charge in [0.25, 0.3) is 0 Å². The van der Waals surface area contributed by atoms with Crippen molar-refractivity contribution in [1.82, 2.24) is 10.1 Å². The second kappa shape index (κ2) is 6.18. The van der Waals surface area contributed by atoms with Gasteiger partial charge < -0.3 is 15.0 Å². The third-order valence-corrected chi connectivity index (χ3v) is 3.95. The molecule has 2 heterocycles. The molecule has 1 fully saturated rings. The molecule has 0 aliphatic carbocycles. The van der Waals surface area contributed by atoms with Crippen molar-refractivity contribution in [3.05, 3.63) is 29.8 Å². The van der Waals surface area contributed by atoms with Gasteiger partial charge in [0.05, 0.1) is 7.11 Å². The van der Waals surface area contributed by atoms with E-state index < -0.39 is 0 Å². The average molecular weight is 287 g/mol. The second-order valence-corrected chi connectivity index (χ2v) is 5.48. The summed E-state index contributed by atoms with van der Waals surface area (Å²) in [4.78, 5) is 2.47. The van der Waals surface area contributed by atoms with Gasteiger partial charge in [0.2, 0.25) is 5.88 Å². The van der Waals surface area contributed by atoms with Gasteiger partial charge in [0, 0.05) is 23.7 Å². The zero-order valence-electron chi connectivity index (χ0n) is 12.3. The molecule has 5 nitrogen and oxygen atoms in total. The van der Waals surface area contributed by atoms with Gasteiger partial charge in [-0.25, -0.2) is 0 Å². The minimum atomic E-state index is 0.332. The Morgan fingerprint density at radius 3 is 2.71 bits per heavy atom. The fraction of sp³-hybridized carbons (Fsp3) is 0.438. The Kier molecular flexibility index (Phi) is 4.10. The smallest absolute Gasteiger partial charge is 0.222 e. The lowest BCUT2D eigenvalue weighted by Crippen LogP contribution is -2.29. The molecule has 0 saturated carbocycles. The molecule has 1 aromatic heterocycles. The highest BCUT2D eigenvalue weighted by Gasteiger charge is 2.14. The molecule has 5 heteroatoms. The van der Waals surface area contributed by atoms with Crippen molar-refractivity contribution in [2.24, 2.45) is 0 Å². The summed E-state index contributed by atoms with van der Waals surface area (Å²) in [5.74, 6) is 1.25. The van der Waals surface area contributed by atoms with E-state index in [-0.39, 0.29) is 0 Å². The number of anilines is 1. The van der Waals surface area contributed by atoms with E-state index in [4.69, 9.17) is 15.0 Å². The van der Waals surface area contributed by atoms with E-state index in [1.165, 1.54) is 24.8 Å². The maximum atomic E-state index is 5.60. The fourth-order valence-electron chi connectivity index (χ4n) is 2.85. The summed E-state index contributed by atoms with van der Waals surface area (Å²) in [6.45, 7) is 3.22. The molecule has 112 valence electrons. The molecule has 0 amide bonds. The van der Waals surface area contributed by atoms with Crippen molar-refractivity contribution < 1.29 is 9.26 Å². The van der Waals surface area contributed by atoms with Crippen LogP contribution in [0.5, 0.6) is 5.75 Å². The Bertz CT molecular complexity index is 603. The molecule has 0 spiro atoms. The Labute approximate surface area is 124 Å². The standard InChI is InChI=1S/C16H21N3O2/c1-20-15-6-5-12(14-10-16(17)21-18-14)9-13(15)11-19-7-3-2-4-8-19/h5-6,9-10H,2-4,7-8,11,17H2,1H3. The van der Waals surface area contributed by atoms with Crippen molar-refractivity contribution >= 4 is 5.88 Å². The number of nitrogens with two attached hydrogens (primary N) is 1. The summed E-state index contributed by atoms with van der Waals surface area (Å²) in [6, 6.07) is 7.83. The van der Waals surface area contributed by atoms with E-state index in [2.05, 4.69) is 16.1 Å². The first-order chi connectivity index (χ1) is 10.3. The number of aromatic nitrogens is 1. The lowest BCUT2D eigenvalue weighted by Gasteiger charge is -2.27. The van der Waals surface area contributed by atoms with E-state index in [1.807, 2.05) is 12.1 Å². The molecule has 1 aliphatic rings. The molecular weight excluding hydrogens is 266 g/mol. The number of ether oxygens (including phenoxy) is 1. The number of hydrogen-bond acceptors (Lipinski definition) is 5. The van der Waals surface area contributed by atoms with Gasteiger partial charge in [0.1, 0.15) is 11.4 Å². The highest BCUT2D eigenvalue weighted by atomic mass is 16.5. The molecule has 0 unspecified atom stereocenters. The number of piperidine rings is 1.